The highest BCUT2D eigenvalue weighted by Crippen LogP contribution is 2.17. The van der Waals surface area contributed by atoms with Gasteiger partial charge in [0.2, 0.25) is 0 Å². The minimum absolute atomic E-state index is 0.483. The Morgan fingerprint density at radius 3 is 2.71 bits per heavy atom. The van der Waals surface area contributed by atoms with Gasteiger partial charge in [0.25, 0.3) is 0 Å². The number of unbranched alkanes of at least 4 members (excludes halogenated alkanes) is 3. The van der Waals surface area contributed by atoms with Crippen molar-refractivity contribution in [3.63, 3.8) is 0 Å². The Kier molecular flexibility index (Phi) is 6.20. The fourth-order valence-electron chi connectivity index (χ4n) is 1.98. The lowest BCUT2D eigenvalue weighted by Crippen LogP contribution is -2.27. The van der Waals surface area contributed by atoms with Crippen LogP contribution in [0, 0.1) is 0 Å². The van der Waals surface area contributed by atoms with E-state index in [2.05, 4.69) is 19.2 Å². The molecule has 1 rings (SSSR count). The van der Waals surface area contributed by atoms with Crippen molar-refractivity contribution in [2.24, 2.45) is 0 Å². The summed E-state index contributed by atoms with van der Waals surface area (Å²) < 4.78 is 5.73. The molecule has 0 saturated carbocycles. The molecule has 1 aliphatic rings. The van der Waals surface area contributed by atoms with Gasteiger partial charge in [0, 0.05) is 6.54 Å². The lowest BCUT2D eigenvalue weighted by Gasteiger charge is -2.11. The van der Waals surface area contributed by atoms with E-state index >= 15 is 0 Å². The van der Waals surface area contributed by atoms with Crippen LogP contribution < -0.4 is 5.32 Å². The van der Waals surface area contributed by atoms with Crippen LogP contribution in [0.3, 0.4) is 0 Å². The van der Waals surface area contributed by atoms with Crippen LogP contribution in [0.25, 0.3) is 0 Å². The van der Waals surface area contributed by atoms with Crippen molar-refractivity contribution in [2.75, 3.05) is 13.1 Å². The standard InChI is InChI=1S/C12H25NO/c1-3-4-5-6-9-13-10-12-8-7-11(2)14-12/h11-13H,3-10H2,1-2H3. The summed E-state index contributed by atoms with van der Waals surface area (Å²) in [6.45, 7) is 6.63. The molecule has 0 amide bonds. The molecule has 1 aliphatic heterocycles. The van der Waals surface area contributed by atoms with Gasteiger partial charge in [-0.15, -0.1) is 0 Å². The fraction of sp³-hybridized carbons (Fsp3) is 1.00. The summed E-state index contributed by atoms with van der Waals surface area (Å²) >= 11 is 0. The molecule has 0 aliphatic carbocycles. The normalized spacial score (nSPS) is 27.0. The molecule has 0 aromatic rings. The SMILES string of the molecule is CCCCCCNCC1CCC(C)O1. The average Bonchev–Trinajstić information content (AvgIpc) is 2.58. The Morgan fingerprint density at radius 2 is 2.07 bits per heavy atom. The molecule has 0 aromatic heterocycles. The van der Waals surface area contributed by atoms with Crippen molar-refractivity contribution >= 4 is 0 Å². The Bertz CT molecular complexity index is 138. The molecule has 0 spiro atoms. The van der Waals surface area contributed by atoms with E-state index in [-0.39, 0.29) is 0 Å². The molecule has 1 N–H and O–H groups in total. The molecule has 0 bridgehead atoms. The first kappa shape index (κ1) is 12.0. The third kappa shape index (κ3) is 4.97. The van der Waals surface area contributed by atoms with Gasteiger partial charge in [-0.1, -0.05) is 26.2 Å². The molecule has 0 aromatic carbocycles. The summed E-state index contributed by atoms with van der Waals surface area (Å²) in [7, 11) is 0. The molecule has 2 nitrogen and oxygen atoms in total. The Morgan fingerprint density at radius 1 is 1.21 bits per heavy atom. The minimum Gasteiger partial charge on any atom is -0.374 e. The van der Waals surface area contributed by atoms with Gasteiger partial charge in [-0.2, -0.15) is 0 Å². The molecule has 14 heavy (non-hydrogen) atoms. The van der Waals surface area contributed by atoms with E-state index in [1.54, 1.807) is 0 Å². The van der Waals surface area contributed by atoms with E-state index in [0.29, 0.717) is 12.2 Å². The van der Waals surface area contributed by atoms with Crippen LogP contribution in [0.1, 0.15) is 52.4 Å². The summed E-state index contributed by atoms with van der Waals surface area (Å²) in [4.78, 5) is 0. The van der Waals surface area contributed by atoms with Crippen LogP contribution >= 0.6 is 0 Å². The predicted molar refractivity (Wildman–Crippen MR) is 60.6 cm³/mol. The molecule has 1 fully saturated rings. The Labute approximate surface area is 88.4 Å². The lowest BCUT2D eigenvalue weighted by molar-refractivity contribution is 0.0561. The molecule has 2 unspecified atom stereocenters. The number of nitrogens with one attached hydrogen (secondary N) is 1. The van der Waals surface area contributed by atoms with Gasteiger partial charge in [0.05, 0.1) is 12.2 Å². The molecule has 84 valence electrons. The van der Waals surface area contributed by atoms with E-state index in [1.165, 1.54) is 38.5 Å². The zero-order valence-corrected chi connectivity index (χ0v) is 9.72. The van der Waals surface area contributed by atoms with E-state index < -0.39 is 0 Å². The van der Waals surface area contributed by atoms with Crippen LogP contribution in [0.2, 0.25) is 0 Å². The first-order valence-electron chi connectivity index (χ1n) is 6.19. The third-order valence-corrected chi connectivity index (χ3v) is 2.90. The quantitative estimate of drug-likeness (QED) is 0.637. The topological polar surface area (TPSA) is 21.3 Å². The van der Waals surface area contributed by atoms with Crippen molar-refractivity contribution in [3.8, 4) is 0 Å². The first-order valence-corrected chi connectivity index (χ1v) is 6.19. The Balaban J connectivity index is 1.84. The maximum Gasteiger partial charge on any atom is 0.0704 e. The molecular weight excluding hydrogens is 174 g/mol. The van der Waals surface area contributed by atoms with Crippen LogP contribution in [0.4, 0.5) is 0 Å². The van der Waals surface area contributed by atoms with Gasteiger partial charge in [-0.3, -0.25) is 0 Å². The van der Waals surface area contributed by atoms with Crippen molar-refractivity contribution in [1.82, 2.24) is 5.32 Å². The van der Waals surface area contributed by atoms with Gasteiger partial charge in [0.15, 0.2) is 0 Å². The number of rotatable bonds is 7. The van der Waals surface area contributed by atoms with Gasteiger partial charge in [0.1, 0.15) is 0 Å². The number of ether oxygens (including phenoxy) is 1. The maximum atomic E-state index is 5.73. The highest BCUT2D eigenvalue weighted by molar-refractivity contribution is 4.72. The van der Waals surface area contributed by atoms with Gasteiger partial charge in [-0.25, -0.2) is 0 Å². The van der Waals surface area contributed by atoms with Crippen LogP contribution in [0.15, 0.2) is 0 Å². The van der Waals surface area contributed by atoms with Crippen molar-refractivity contribution < 1.29 is 4.74 Å². The highest BCUT2D eigenvalue weighted by atomic mass is 16.5. The zero-order valence-electron chi connectivity index (χ0n) is 9.72. The third-order valence-electron chi connectivity index (χ3n) is 2.90. The predicted octanol–water partition coefficient (Wildman–Crippen LogP) is 2.72. The Hall–Kier alpha value is -0.0800. The fourth-order valence-corrected chi connectivity index (χ4v) is 1.98. The van der Waals surface area contributed by atoms with Crippen LogP contribution in [-0.4, -0.2) is 25.3 Å². The molecule has 1 saturated heterocycles. The smallest absolute Gasteiger partial charge is 0.0704 e. The van der Waals surface area contributed by atoms with Crippen molar-refractivity contribution in [1.29, 1.82) is 0 Å². The molecule has 0 radical (unpaired) electrons. The summed E-state index contributed by atoms with van der Waals surface area (Å²) in [5, 5.41) is 3.48. The van der Waals surface area contributed by atoms with Crippen LogP contribution in [0.5, 0.6) is 0 Å². The van der Waals surface area contributed by atoms with Gasteiger partial charge in [-0.05, 0) is 32.7 Å². The van der Waals surface area contributed by atoms with E-state index in [9.17, 15) is 0 Å². The number of hydrogen-bond acceptors (Lipinski definition) is 2. The minimum atomic E-state index is 0.483. The second-order valence-electron chi connectivity index (χ2n) is 4.41. The lowest BCUT2D eigenvalue weighted by atomic mass is 10.2. The van der Waals surface area contributed by atoms with Gasteiger partial charge >= 0.3 is 0 Å². The second kappa shape index (κ2) is 7.24. The monoisotopic (exact) mass is 199 g/mol. The summed E-state index contributed by atoms with van der Waals surface area (Å²) in [6, 6.07) is 0. The average molecular weight is 199 g/mol. The van der Waals surface area contributed by atoms with E-state index in [4.69, 9.17) is 4.74 Å². The molecule has 1 heterocycles. The van der Waals surface area contributed by atoms with Crippen molar-refractivity contribution in [3.05, 3.63) is 0 Å². The second-order valence-corrected chi connectivity index (χ2v) is 4.41. The molecule has 2 atom stereocenters. The zero-order chi connectivity index (χ0) is 10.2. The summed E-state index contributed by atoms with van der Waals surface area (Å²) in [5.41, 5.74) is 0. The molecule has 2 heteroatoms. The van der Waals surface area contributed by atoms with Gasteiger partial charge < -0.3 is 10.1 Å². The number of hydrogen-bond donors (Lipinski definition) is 1. The maximum absolute atomic E-state index is 5.73. The van der Waals surface area contributed by atoms with E-state index in [0.717, 1.165) is 13.1 Å². The highest BCUT2D eigenvalue weighted by Gasteiger charge is 2.20. The largest absolute Gasteiger partial charge is 0.374 e. The molecular formula is C12H25NO. The summed E-state index contributed by atoms with van der Waals surface area (Å²) in [6.07, 6.45) is 8.83. The summed E-state index contributed by atoms with van der Waals surface area (Å²) in [5.74, 6) is 0. The first-order chi connectivity index (χ1) is 6.83. The van der Waals surface area contributed by atoms with E-state index in [1.807, 2.05) is 0 Å². The van der Waals surface area contributed by atoms with Crippen molar-refractivity contribution in [2.45, 2.75) is 64.6 Å². The van der Waals surface area contributed by atoms with Crippen LogP contribution in [-0.2, 0) is 4.74 Å².